The normalized spacial score (nSPS) is 12.4. The molecule has 0 aromatic heterocycles. The number of hydrogen-bond acceptors (Lipinski definition) is 5. The molecule has 0 aliphatic rings. The molecule has 0 spiro atoms. The predicted molar refractivity (Wildman–Crippen MR) is 85.3 cm³/mol. The topological polar surface area (TPSA) is 115 Å². The molecule has 0 radical (unpaired) electrons. The van der Waals surface area contributed by atoms with E-state index in [0.717, 1.165) is 0 Å². The highest BCUT2D eigenvalue weighted by Gasteiger charge is 2.31. The summed E-state index contributed by atoms with van der Waals surface area (Å²) in [5.74, 6) is 0. The van der Waals surface area contributed by atoms with Crippen LogP contribution in [-0.2, 0) is 10.0 Å². The molecule has 0 unspecified atom stereocenters. The van der Waals surface area contributed by atoms with Gasteiger partial charge in [-0.25, -0.2) is 13.1 Å². The van der Waals surface area contributed by atoms with E-state index >= 15 is 0 Å². The van der Waals surface area contributed by atoms with E-state index in [1.807, 2.05) is 13.8 Å². The van der Waals surface area contributed by atoms with Gasteiger partial charge in [0.2, 0.25) is 10.0 Å². The third-order valence-corrected chi connectivity index (χ3v) is 5.72. The fourth-order valence-electron chi connectivity index (χ4n) is 2.07. The van der Waals surface area contributed by atoms with Gasteiger partial charge in [-0.3, -0.25) is 10.1 Å². The molecule has 0 bridgehead atoms. The molecule has 0 aliphatic carbocycles. The summed E-state index contributed by atoms with van der Waals surface area (Å²) in [5, 5.41) is 11.1. The van der Waals surface area contributed by atoms with Gasteiger partial charge < -0.3 is 5.73 Å². The number of nitrogens with one attached hydrogen (secondary N) is 1. The fraction of sp³-hybridized carbons (Fsp3) is 0.571. The molecule has 7 nitrogen and oxygen atoms in total. The molecule has 1 rings (SSSR count). The van der Waals surface area contributed by atoms with E-state index in [0.29, 0.717) is 24.0 Å². The lowest BCUT2D eigenvalue weighted by Gasteiger charge is -2.26. The van der Waals surface area contributed by atoms with Crippen LogP contribution in [0, 0.1) is 24.0 Å². The summed E-state index contributed by atoms with van der Waals surface area (Å²) in [6, 6.07) is 2.75. The minimum absolute atomic E-state index is 0.0346. The minimum Gasteiger partial charge on any atom is -0.324 e. The van der Waals surface area contributed by atoms with Crippen LogP contribution in [-0.4, -0.2) is 25.4 Å². The van der Waals surface area contributed by atoms with Gasteiger partial charge in [0.15, 0.2) is 4.90 Å². The number of nitro benzene ring substituents is 1. The summed E-state index contributed by atoms with van der Waals surface area (Å²) in [7, 11) is -4.01. The molecule has 1 aromatic carbocycles. The summed E-state index contributed by atoms with van der Waals surface area (Å²) < 4.78 is 27.5. The molecule has 0 heterocycles. The van der Waals surface area contributed by atoms with Crippen molar-refractivity contribution in [3.05, 3.63) is 33.4 Å². The molecule has 124 valence electrons. The Labute approximate surface area is 131 Å². The highest BCUT2D eigenvalue weighted by Crippen LogP contribution is 2.29. The number of nitro groups is 1. The van der Waals surface area contributed by atoms with Crippen LogP contribution in [0.25, 0.3) is 0 Å². The number of rotatable bonds is 7. The molecule has 3 N–H and O–H groups in total. The number of nitrogens with zero attached hydrogens (tertiary/aromatic N) is 1. The van der Waals surface area contributed by atoms with Gasteiger partial charge in [0.1, 0.15) is 0 Å². The molecule has 0 aliphatic heterocycles. The number of aryl methyl sites for hydroxylation is 1. The van der Waals surface area contributed by atoms with Crippen molar-refractivity contribution in [3.8, 4) is 0 Å². The molecule has 8 heteroatoms. The second-order valence-corrected chi connectivity index (χ2v) is 7.21. The van der Waals surface area contributed by atoms with Crippen molar-refractivity contribution in [2.45, 2.75) is 51.0 Å². The van der Waals surface area contributed by atoms with E-state index in [2.05, 4.69) is 4.72 Å². The summed E-state index contributed by atoms with van der Waals surface area (Å²) in [4.78, 5) is 10.2. The Kier molecular flexibility index (Phi) is 5.66. The maximum absolute atomic E-state index is 12.5. The first-order chi connectivity index (χ1) is 10.1. The van der Waals surface area contributed by atoms with Crippen LogP contribution in [0.2, 0.25) is 0 Å². The summed E-state index contributed by atoms with van der Waals surface area (Å²) in [5.41, 5.74) is 6.04. The smallest absolute Gasteiger partial charge is 0.289 e. The molecule has 0 atom stereocenters. The van der Waals surface area contributed by atoms with Crippen LogP contribution in [0.4, 0.5) is 5.69 Å². The standard InChI is InChI=1S/C14H23N3O4S/c1-5-14(15,6-2)9-16-22(20,21)13-11(4)10(3)7-8-12(13)17(18)19/h7-8,16H,5-6,9,15H2,1-4H3. The van der Waals surface area contributed by atoms with Gasteiger partial charge in [-0.2, -0.15) is 0 Å². The van der Waals surface area contributed by atoms with Crippen LogP contribution in [0.15, 0.2) is 17.0 Å². The molecular weight excluding hydrogens is 306 g/mol. The van der Waals surface area contributed by atoms with E-state index in [-0.39, 0.29) is 11.4 Å². The first kappa shape index (κ1) is 18.5. The fourth-order valence-corrected chi connectivity index (χ4v) is 3.67. The second kappa shape index (κ2) is 6.72. The zero-order valence-electron chi connectivity index (χ0n) is 13.3. The quantitative estimate of drug-likeness (QED) is 0.586. The number of benzene rings is 1. The lowest BCUT2D eigenvalue weighted by molar-refractivity contribution is -0.387. The van der Waals surface area contributed by atoms with E-state index in [9.17, 15) is 18.5 Å². The Morgan fingerprint density at radius 1 is 1.27 bits per heavy atom. The Hall–Kier alpha value is -1.51. The molecule has 22 heavy (non-hydrogen) atoms. The first-order valence-corrected chi connectivity index (χ1v) is 8.59. The predicted octanol–water partition coefficient (Wildman–Crippen LogP) is 2.01. The summed E-state index contributed by atoms with van der Waals surface area (Å²) in [6.07, 6.45) is 1.20. The van der Waals surface area contributed by atoms with Gasteiger partial charge in [-0.1, -0.05) is 19.9 Å². The van der Waals surface area contributed by atoms with Crippen LogP contribution >= 0.6 is 0 Å². The number of nitrogens with two attached hydrogens (primary N) is 1. The molecule has 1 aromatic rings. The zero-order chi connectivity index (χ0) is 17.1. The molecule has 0 saturated carbocycles. The summed E-state index contributed by atoms with van der Waals surface area (Å²) in [6.45, 7) is 7.05. The zero-order valence-corrected chi connectivity index (χ0v) is 14.2. The Morgan fingerprint density at radius 3 is 2.27 bits per heavy atom. The van der Waals surface area contributed by atoms with Gasteiger partial charge in [-0.15, -0.1) is 0 Å². The Bertz CT molecular complexity index is 667. The SMILES string of the molecule is CCC(N)(CC)CNS(=O)(=O)c1c([N+](=O)[O-])ccc(C)c1C. The Balaban J connectivity index is 3.29. The van der Waals surface area contributed by atoms with Crippen molar-refractivity contribution in [2.75, 3.05) is 6.54 Å². The van der Waals surface area contributed by atoms with Crippen LogP contribution < -0.4 is 10.5 Å². The minimum atomic E-state index is -4.01. The van der Waals surface area contributed by atoms with Crippen LogP contribution in [0.1, 0.15) is 37.8 Å². The average molecular weight is 329 g/mol. The van der Waals surface area contributed by atoms with E-state index in [4.69, 9.17) is 5.73 Å². The lowest BCUT2D eigenvalue weighted by Crippen LogP contribution is -2.49. The largest absolute Gasteiger partial charge is 0.324 e. The van der Waals surface area contributed by atoms with Crippen molar-refractivity contribution >= 4 is 15.7 Å². The molecule has 0 saturated heterocycles. The van der Waals surface area contributed by atoms with Crippen LogP contribution in [0.5, 0.6) is 0 Å². The van der Waals surface area contributed by atoms with Gasteiger partial charge in [-0.05, 0) is 37.8 Å². The maximum atomic E-state index is 12.5. The lowest BCUT2D eigenvalue weighted by atomic mass is 9.95. The monoisotopic (exact) mass is 329 g/mol. The third-order valence-electron chi connectivity index (χ3n) is 4.14. The van der Waals surface area contributed by atoms with E-state index in [1.54, 1.807) is 13.8 Å². The Morgan fingerprint density at radius 2 is 1.82 bits per heavy atom. The van der Waals surface area contributed by atoms with Crippen molar-refractivity contribution < 1.29 is 13.3 Å². The van der Waals surface area contributed by atoms with Crippen LogP contribution in [0.3, 0.4) is 0 Å². The summed E-state index contributed by atoms with van der Waals surface area (Å²) >= 11 is 0. The molecule has 0 amide bonds. The van der Waals surface area contributed by atoms with Crippen molar-refractivity contribution in [1.82, 2.24) is 4.72 Å². The van der Waals surface area contributed by atoms with Gasteiger partial charge in [0.05, 0.1) is 4.92 Å². The van der Waals surface area contributed by atoms with E-state index < -0.39 is 26.2 Å². The van der Waals surface area contributed by atoms with Crippen molar-refractivity contribution in [1.29, 1.82) is 0 Å². The van der Waals surface area contributed by atoms with E-state index in [1.165, 1.54) is 12.1 Å². The van der Waals surface area contributed by atoms with Gasteiger partial charge >= 0.3 is 0 Å². The molecule has 0 fully saturated rings. The number of sulfonamides is 1. The highest BCUT2D eigenvalue weighted by atomic mass is 32.2. The highest BCUT2D eigenvalue weighted by molar-refractivity contribution is 7.89. The second-order valence-electron chi connectivity index (χ2n) is 5.51. The maximum Gasteiger partial charge on any atom is 0.289 e. The van der Waals surface area contributed by atoms with Gasteiger partial charge in [0, 0.05) is 18.2 Å². The van der Waals surface area contributed by atoms with Crippen molar-refractivity contribution in [2.24, 2.45) is 5.73 Å². The third kappa shape index (κ3) is 3.82. The first-order valence-electron chi connectivity index (χ1n) is 7.11. The molecular formula is C14H23N3O4S. The average Bonchev–Trinajstić information content (AvgIpc) is 2.47. The number of hydrogen-bond donors (Lipinski definition) is 2. The van der Waals surface area contributed by atoms with Crippen molar-refractivity contribution in [3.63, 3.8) is 0 Å². The van der Waals surface area contributed by atoms with Gasteiger partial charge in [0.25, 0.3) is 5.69 Å².